The molecule has 0 aliphatic heterocycles. The molecule has 1 aromatic rings. The zero-order valence-electron chi connectivity index (χ0n) is 14.3. The van der Waals surface area contributed by atoms with E-state index in [0.717, 1.165) is 17.8 Å². The lowest BCUT2D eigenvalue weighted by Crippen LogP contribution is -2.48. The topological polar surface area (TPSA) is 94.3 Å². The normalized spacial score (nSPS) is 13.2. The van der Waals surface area contributed by atoms with Gasteiger partial charge >= 0.3 is 5.97 Å². The molecule has 8 heteroatoms. The first-order valence-corrected chi connectivity index (χ1v) is 8.32. The zero-order chi connectivity index (χ0) is 16.9. The van der Waals surface area contributed by atoms with Crippen LogP contribution >= 0.6 is 23.7 Å². The van der Waals surface area contributed by atoms with Gasteiger partial charge in [-0.1, -0.05) is 38.5 Å². The van der Waals surface area contributed by atoms with Gasteiger partial charge in [0.2, 0.25) is 5.91 Å². The van der Waals surface area contributed by atoms with Gasteiger partial charge in [0.15, 0.2) is 5.13 Å². The van der Waals surface area contributed by atoms with Crippen molar-refractivity contribution in [3.63, 3.8) is 0 Å². The fourth-order valence-electron chi connectivity index (χ4n) is 1.99. The van der Waals surface area contributed by atoms with Crippen LogP contribution in [-0.2, 0) is 9.53 Å². The summed E-state index contributed by atoms with van der Waals surface area (Å²) in [7, 11) is 0. The number of carbonyl (C=O) groups excluding carboxylic acids is 2. The van der Waals surface area contributed by atoms with Gasteiger partial charge in [-0.15, -0.1) is 12.4 Å². The van der Waals surface area contributed by atoms with Crippen LogP contribution < -0.4 is 11.1 Å². The molecular formula is C15H26ClN3O3S. The SMILES string of the molecule is CCCC(C)(N)C(=O)Nc1nc(C(C)C)c(C(=O)OCC)s1.Cl. The molecule has 0 radical (unpaired) electrons. The smallest absolute Gasteiger partial charge is 0.350 e. The fraction of sp³-hybridized carbons (Fsp3) is 0.667. The number of ether oxygens (including phenoxy) is 1. The number of halogens is 1. The fourth-order valence-corrected chi connectivity index (χ4v) is 3.00. The Bertz CT molecular complexity index is 544. The average molecular weight is 364 g/mol. The third kappa shape index (κ3) is 5.75. The molecule has 1 unspecified atom stereocenters. The number of carbonyl (C=O) groups is 2. The number of nitrogens with one attached hydrogen (secondary N) is 1. The summed E-state index contributed by atoms with van der Waals surface area (Å²) in [6.45, 7) is 9.59. The van der Waals surface area contributed by atoms with Crippen molar-refractivity contribution in [2.75, 3.05) is 11.9 Å². The number of thiazole rings is 1. The zero-order valence-corrected chi connectivity index (χ0v) is 15.9. The highest BCUT2D eigenvalue weighted by molar-refractivity contribution is 7.17. The summed E-state index contributed by atoms with van der Waals surface area (Å²) in [5, 5.41) is 3.09. The van der Waals surface area contributed by atoms with E-state index in [9.17, 15) is 9.59 Å². The van der Waals surface area contributed by atoms with Crippen molar-refractivity contribution in [3.8, 4) is 0 Å². The molecule has 0 fully saturated rings. The number of esters is 1. The maximum Gasteiger partial charge on any atom is 0.350 e. The predicted molar refractivity (Wildman–Crippen MR) is 95.5 cm³/mol. The molecule has 3 N–H and O–H groups in total. The molecule has 0 saturated carbocycles. The molecule has 0 aliphatic carbocycles. The molecule has 132 valence electrons. The van der Waals surface area contributed by atoms with Crippen LogP contribution in [0.4, 0.5) is 5.13 Å². The Morgan fingerprint density at radius 3 is 2.48 bits per heavy atom. The van der Waals surface area contributed by atoms with E-state index in [1.54, 1.807) is 13.8 Å². The van der Waals surface area contributed by atoms with Crippen LogP contribution in [0.3, 0.4) is 0 Å². The number of anilines is 1. The van der Waals surface area contributed by atoms with Gasteiger partial charge in [0.1, 0.15) is 4.88 Å². The lowest BCUT2D eigenvalue weighted by molar-refractivity contribution is -0.120. The standard InChI is InChI=1S/C15H25N3O3S.ClH/c1-6-8-15(5,16)13(20)18-14-17-10(9(3)4)11(22-14)12(19)21-7-2;/h9H,6-8,16H2,1-5H3,(H,17,18,20);1H. The quantitative estimate of drug-likeness (QED) is 0.724. The maximum absolute atomic E-state index is 12.2. The molecule has 1 heterocycles. The Labute approximate surface area is 147 Å². The van der Waals surface area contributed by atoms with Gasteiger partial charge in [-0.2, -0.15) is 0 Å². The van der Waals surface area contributed by atoms with E-state index in [-0.39, 0.29) is 24.2 Å². The summed E-state index contributed by atoms with van der Waals surface area (Å²) in [6, 6.07) is 0. The summed E-state index contributed by atoms with van der Waals surface area (Å²) in [5.41, 5.74) is 5.68. The molecule has 1 rings (SSSR count). The minimum atomic E-state index is -0.956. The van der Waals surface area contributed by atoms with E-state index in [1.165, 1.54) is 0 Å². The second-order valence-corrected chi connectivity index (χ2v) is 6.73. The Morgan fingerprint density at radius 2 is 2.00 bits per heavy atom. The molecule has 0 aromatic carbocycles. The highest BCUT2D eigenvalue weighted by Crippen LogP contribution is 2.29. The Kier molecular flexibility index (Phi) is 8.73. The molecule has 0 aliphatic rings. The van der Waals surface area contributed by atoms with Crippen LogP contribution in [0, 0.1) is 0 Å². The molecule has 0 spiro atoms. The summed E-state index contributed by atoms with van der Waals surface area (Å²) in [4.78, 5) is 29.0. The predicted octanol–water partition coefficient (Wildman–Crippen LogP) is 3.32. The van der Waals surface area contributed by atoms with Crippen molar-refractivity contribution in [2.45, 2.75) is 58.9 Å². The average Bonchev–Trinajstić information content (AvgIpc) is 2.83. The Balaban J connectivity index is 0.00000484. The molecule has 1 aromatic heterocycles. The lowest BCUT2D eigenvalue weighted by Gasteiger charge is -2.21. The van der Waals surface area contributed by atoms with Crippen molar-refractivity contribution in [1.29, 1.82) is 0 Å². The Hall–Kier alpha value is -1.18. The van der Waals surface area contributed by atoms with E-state index in [4.69, 9.17) is 10.5 Å². The van der Waals surface area contributed by atoms with Crippen molar-refractivity contribution in [2.24, 2.45) is 5.73 Å². The van der Waals surface area contributed by atoms with Crippen LogP contribution in [0.1, 0.15) is 68.7 Å². The highest BCUT2D eigenvalue weighted by atomic mass is 35.5. The number of nitrogens with zero attached hydrogens (tertiary/aromatic N) is 1. The number of amides is 1. The number of hydrogen-bond donors (Lipinski definition) is 2. The summed E-state index contributed by atoms with van der Waals surface area (Å²) < 4.78 is 5.04. The molecular weight excluding hydrogens is 338 g/mol. The maximum atomic E-state index is 12.2. The monoisotopic (exact) mass is 363 g/mol. The van der Waals surface area contributed by atoms with Crippen molar-refractivity contribution in [1.82, 2.24) is 4.98 Å². The van der Waals surface area contributed by atoms with E-state index < -0.39 is 11.5 Å². The number of hydrogen-bond acceptors (Lipinski definition) is 6. The third-order valence-corrected chi connectivity index (χ3v) is 4.14. The molecule has 23 heavy (non-hydrogen) atoms. The molecule has 0 saturated heterocycles. The van der Waals surface area contributed by atoms with Crippen LogP contribution in [-0.4, -0.2) is 29.0 Å². The van der Waals surface area contributed by atoms with Gasteiger partial charge in [-0.3, -0.25) is 4.79 Å². The van der Waals surface area contributed by atoms with Gasteiger partial charge < -0.3 is 15.8 Å². The number of rotatable bonds is 7. The molecule has 1 amide bonds. The Morgan fingerprint density at radius 1 is 1.39 bits per heavy atom. The number of nitrogens with two attached hydrogens (primary N) is 1. The first kappa shape index (κ1) is 21.8. The van der Waals surface area contributed by atoms with Crippen LogP contribution in [0.5, 0.6) is 0 Å². The van der Waals surface area contributed by atoms with Crippen molar-refractivity contribution in [3.05, 3.63) is 10.6 Å². The summed E-state index contributed by atoms with van der Waals surface area (Å²) in [5.74, 6) is -0.650. The molecule has 1 atom stereocenters. The van der Waals surface area contributed by atoms with Crippen molar-refractivity contribution >= 4 is 40.8 Å². The van der Waals surface area contributed by atoms with Crippen LogP contribution in [0.25, 0.3) is 0 Å². The van der Waals surface area contributed by atoms with Gasteiger partial charge in [0, 0.05) is 0 Å². The minimum Gasteiger partial charge on any atom is -0.462 e. The lowest BCUT2D eigenvalue weighted by atomic mass is 9.97. The third-order valence-electron chi connectivity index (χ3n) is 3.17. The second kappa shape index (κ2) is 9.20. The largest absolute Gasteiger partial charge is 0.462 e. The van der Waals surface area contributed by atoms with Gasteiger partial charge in [0.05, 0.1) is 17.8 Å². The van der Waals surface area contributed by atoms with Gasteiger partial charge in [-0.25, -0.2) is 9.78 Å². The van der Waals surface area contributed by atoms with Gasteiger partial charge in [-0.05, 0) is 26.2 Å². The summed E-state index contributed by atoms with van der Waals surface area (Å²) in [6.07, 6.45) is 1.38. The second-order valence-electron chi connectivity index (χ2n) is 5.73. The van der Waals surface area contributed by atoms with E-state index in [0.29, 0.717) is 28.7 Å². The van der Waals surface area contributed by atoms with Crippen LogP contribution in [0.2, 0.25) is 0 Å². The minimum absolute atomic E-state index is 0. The summed E-state index contributed by atoms with van der Waals surface area (Å²) >= 11 is 1.13. The van der Waals surface area contributed by atoms with E-state index in [1.807, 2.05) is 20.8 Å². The van der Waals surface area contributed by atoms with E-state index in [2.05, 4.69) is 10.3 Å². The molecule has 6 nitrogen and oxygen atoms in total. The highest BCUT2D eigenvalue weighted by Gasteiger charge is 2.29. The van der Waals surface area contributed by atoms with E-state index >= 15 is 0 Å². The van der Waals surface area contributed by atoms with Crippen LogP contribution in [0.15, 0.2) is 0 Å². The van der Waals surface area contributed by atoms with Crippen molar-refractivity contribution < 1.29 is 14.3 Å². The number of aromatic nitrogens is 1. The molecule has 0 bridgehead atoms. The first-order valence-electron chi connectivity index (χ1n) is 7.51. The first-order chi connectivity index (χ1) is 10.2. The van der Waals surface area contributed by atoms with Gasteiger partial charge in [0.25, 0.3) is 0 Å².